The number of carbonyl (C=O) groups is 2. The van der Waals surface area contributed by atoms with E-state index < -0.39 is 5.97 Å². The van der Waals surface area contributed by atoms with Crippen LogP contribution in [0.4, 0.5) is 0 Å². The van der Waals surface area contributed by atoms with E-state index in [0.29, 0.717) is 11.3 Å². The Morgan fingerprint density at radius 3 is 2.91 bits per heavy atom. The highest BCUT2D eigenvalue weighted by atomic mass is 16.5. The number of H-pyrrole nitrogens is 2. The summed E-state index contributed by atoms with van der Waals surface area (Å²) in [5.41, 5.74) is 1.88. The third-order valence-electron chi connectivity index (χ3n) is 3.32. The number of rotatable bonds is 5. The van der Waals surface area contributed by atoms with Crippen molar-refractivity contribution in [3.05, 3.63) is 47.4 Å². The van der Waals surface area contributed by atoms with Crippen molar-refractivity contribution in [2.24, 2.45) is 0 Å². The fourth-order valence-corrected chi connectivity index (χ4v) is 2.22. The smallest absolute Gasteiger partial charge is 0.356 e. The Bertz CT molecular complexity index is 852. The second kappa shape index (κ2) is 6.30. The van der Waals surface area contributed by atoms with Crippen LogP contribution in [0.1, 0.15) is 33.5 Å². The maximum absolute atomic E-state index is 12.3. The normalized spacial score (nSPS) is 10.7. The van der Waals surface area contributed by atoms with Gasteiger partial charge in [-0.25, -0.2) is 4.79 Å². The van der Waals surface area contributed by atoms with Gasteiger partial charge in [0.05, 0.1) is 18.3 Å². The van der Waals surface area contributed by atoms with Crippen molar-refractivity contribution in [3.8, 4) is 0 Å². The first-order chi connectivity index (χ1) is 11.2. The van der Waals surface area contributed by atoms with Crippen molar-refractivity contribution in [2.45, 2.75) is 13.5 Å². The van der Waals surface area contributed by atoms with Crippen LogP contribution in [0.2, 0.25) is 0 Å². The highest BCUT2D eigenvalue weighted by molar-refractivity contribution is 6.04. The minimum atomic E-state index is -0.500. The molecule has 1 amide bonds. The molecule has 3 aromatic rings. The van der Waals surface area contributed by atoms with Crippen LogP contribution < -0.4 is 5.32 Å². The molecule has 0 aliphatic heterocycles. The SMILES string of the molecule is CCOC(=O)c1[nH]ncc1CNC(=O)c1n[nH]c2ccccc12. The molecular weight excluding hydrogens is 298 g/mol. The van der Waals surface area contributed by atoms with E-state index in [4.69, 9.17) is 4.74 Å². The van der Waals surface area contributed by atoms with Gasteiger partial charge in [0.2, 0.25) is 0 Å². The minimum Gasteiger partial charge on any atom is -0.461 e. The monoisotopic (exact) mass is 313 g/mol. The Labute approximate surface area is 131 Å². The molecule has 0 radical (unpaired) electrons. The largest absolute Gasteiger partial charge is 0.461 e. The third-order valence-corrected chi connectivity index (χ3v) is 3.32. The van der Waals surface area contributed by atoms with Crippen LogP contribution in [-0.4, -0.2) is 38.9 Å². The predicted octanol–water partition coefficient (Wildman–Crippen LogP) is 1.39. The van der Waals surface area contributed by atoms with Crippen molar-refractivity contribution in [1.29, 1.82) is 0 Å². The molecule has 3 rings (SSSR count). The number of carbonyl (C=O) groups excluding carboxylic acids is 2. The molecular formula is C15H15N5O3. The molecule has 2 aromatic heterocycles. The fraction of sp³-hybridized carbons (Fsp3) is 0.200. The minimum absolute atomic E-state index is 0.144. The summed E-state index contributed by atoms with van der Waals surface area (Å²) in [6, 6.07) is 7.35. The van der Waals surface area contributed by atoms with E-state index in [2.05, 4.69) is 25.7 Å². The standard InChI is InChI=1S/C15H15N5O3/c1-2-23-15(22)12-9(8-17-19-12)7-16-14(21)13-10-5-3-4-6-11(10)18-20-13/h3-6,8H,2,7H2,1H3,(H,16,21)(H,17,19)(H,18,20). The van der Waals surface area contributed by atoms with Gasteiger partial charge in [0, 0.05) is 17.5 Å². The topological polar surface area (TPSA) is 113 Å². The summed E-state index contributed by atoms with van der Waals surface area (Å²) >= 11 is 0. The number of amides is 1. The molecule has 0 fully saturated rings. The number of ether oxygens (including phenoxy) is 1. The Morgan fingerprint density at radius 1 is 1.26 bits per heavy atom. The maximum atomic E-state index is 12.3. The van der Waals surface area contributed by atoms with Crippen LogP contribution in [0.5, 0.6) is 0 Å². The van der Waals surface area contributed by atoms with Gasteiger partial charge < -0.3 is 10.1 Å². The zero-order valence-electron chi connectivity index (χ0n) is 12.4. The van der Waals surface area contributed by atoms with Gasteiger partial charge in [0.15, 0.2) is 5.69 Å². The molecule has 1 aromatic carbocycles. The Balaban J connectivity index is 1.73. The van der Waals surface area contributed by atoms with Crippen LogP contribution in [0.25, 0.3) is 10.9 Å². The van der Waals surface area contributed by atoms with E-state index in [1.165, 1.54) is 6.20 Å². The number of aromatic nitrogens is 4. The molecule has 0 bridgehead atoms. The van der Waals surface area contributed by atoms with Crippen LogP contribution in [-0.2, 0) is 11.3 Å². The number of para-hydroxylation sites is 1. The molecule has 8 heteroatoms. The molecule has 0 unspecified atom stereocenters. The number of benzene rings is 1. The second-order valence-electron chi connectivity index (χ2n) is 4.79. The number of hydrogen-bond donors (Lipinski definition) is 3. The molecule has 0 aliphatic rings. The van der Waals surface area contributed by atoms with Gasteiger partial charge in [-0.05, 0) is 13.0 Å². The number of fused-ring (bicyclic) bond motifs is 1. The van der Waals surface area contributed by atoms with Gasteiger partial charge in [0.25, 0.3) is 5.91 Å². The first kappa shape index (κ1) is 14.8. The lowest BCUT2D eigenvalue weighted by molar-refractivity contribution is 0.0517. The summed E-state index contributed by atoms with van der Waals surface area (Å²) in [5.74, 6) is -0.835. The van der Waals surface area contributed by atoms with Crippen molar-refractivity contribution < 1.29 is 14.3 Å². The van der Waals surface area contributed by atoms with E-state index in [1.54, 1.807) is 6.92 Å². The summed E-state index contributed by atoms with van der Waals surface area (Å²) in [6.07, 6.45) is 1.48. The first-order valence-electron chi connectivity index (χ1n) is 7.11. The van der Waals surface area contributed by atoms with Gasteiger partial charge in [0.1, 0.15) is 5.69 Å². The average Bonchev–Trinajstić information content (AvgIpc) is 3.19. The summed E-state index contributed by atoms with van der Waals surface area (Å²) < 4.78 is 4.92. The van der Waals surface area contributed by atoms with E-state index in [1.807, 2.05) is 24.3 Å². The third kappa shape index (κ3) is 2.91. The van der Waals surface area contributed by atoms with Crippen molar-refractivity contribution in [3.63, 3.8) is 0 Å². The summed E-state index contributed by atoms with van der Waals surface area (Å²) in [4.78, 5) is 24.0. The van der Waals surface area contributed by atoms with E-state index in [-0.39, 0.29) is 24.8 Å². The molecule has 0 saturated carbocycles. The van der Waals surface area contributed by atoms with Crippen molar-refractivity contribution >= 4 is 22.8 Å². The Hall–Kier alpha value is -3.16. The quantitative estimate of drug-likeness (QED) is 0.616. The van der Waals surface area contributed by atoms with Gasteiger partial charge in [-0.3, -0.25) is 15.0 Å². The predicted molar refractivity (Wildman–Crippen MR) is 81.8 cm³/mol. The van der Waals surface area contributed by atoms with Crippen molar-refractivity contribution in [1.82, 2.24) is 25.7 Å². The maximum Gasteiger partial charge on any atom is 0.356 e. The van der Waals surface area contributed by atoms with Crippen LogP contribution >= 0.6 is 0 Å². The highest BCUT2D eigenvalue weighted by Crippen LogP contribution is 2.15. The van der Waals surface area contributed by atoms with Gasteiger partial charge in [-0.1, -0.05) is 18.2 Å². The van der Waals surface area contributed by atoms with Crippen LogP contribution in [0.3, 0.4) is 0 Å². The van der Waals surface area contributed by atoms with Gasteiger partial charge in [-0.2, -0.15) is 10.2 Å². The number of nitrogens with one attached hydrogen (secondary N) is 3. The summed E-state index contributed by atoms with van der Waals surface area (Å²) in [6.45, 7) is 2.13. The zero-order valence-corrected chi connectivity index (χ0v) is 12.4. The first-order valence-corrected chi connectivity index (χ1v) is 7.11. The Morgan fingerprint density at radius 2 is 2.09 bits per heavy atom. The summed E-state index contributed by atoms with van der Waals surface area (Å²) in [7, 11) is 0. The lowest BCUT2D eigenvalue weighted by atomic mass is 10.2. The van der Waals surface area contributed by atoms with E-state index >= 15 is 0 Å². The molecule has 23 heavy (non-hydrogen) atoms. The zero-order chi connectivity index (χ0) is 16.2. The molecule has 0 aliphatic carbocycles. The van der Waals surface area contributed by atoms with Gasteiger partial charge >= 0.3 is 5.97 Å². The Kier molecular flexibility index (Phi) is 4.05. The van der Waals surface area contributed by atoms with Crippen LogP contribution in [0, 0.1) is 0 Å². The lowest BCUT2D eigenvalue weighted by Gasteiger charge is -2.04. The number of esters is 1. The van der Waals surface area contributed by atoms with Gasteiger partial charge in [-0.15, -0.1) is 0 Å². The molecule has 3 N–H and O–H groups in total. The number of hydrogen-bond acceptors (Lipinski definition) is 5. The summed E-state index contributed by atoms with van der Waals surface area (Å²) in [5, 5.41) is 16.7. The van der Waals surface area contributed by atoms with E-state index in [9.17, 15) is 9.59 Å². The molecule has 2 heterocycles. The molecule has 0 atom stereocenters. The number of aromatic amines is 2. The molecule has 8 nitrogen and oxygen atoms in total. The highest BCUT2D eigenvalue weighted by Gasteiger charge is 2.17. The van der Waals surface area contributed by atoms with Crippen LogP contribution in [0.15, 0.2) is 30.5 Å². The molecule has 0 spiro atoms. The molecule has 118 valence electrons. The lowest BCUT2D eigenvalue weighted by Crippen LogP contribution is -2.24. The average molecular weight is 313 g/mol. The van der Waals surface area contributed by atoms with Crippen molar-refractivity contribution in [2.75, 3.05) is 6.61 Å². The fourth-order valence-electron chi connectivity index (χ4n) is 2.22. The molecule has 0 saturated heterocycles. The number of nitrogens with zero attached hydrogens (tertiary/aromatic N) is 2. The second-order valence-corrected chi connectivity index (χ2v) is 4.79. The van der Waals surface area contributed by atoms with E-state index in [0.717, 1.165) is 10.9 Å².